The summed E-state index contributed by atoms with van der Waals surface area (Å²) in [5.74, 6) is 1.37. The smallest absolute Gasteiger partial charge is 0.234 e. The SMILES string of the molecule is Cc1ccc(Cn2c(CO)cnc2SCC(=O)Nc2ccc3c(c2)OCCO3)cc1. The molecule has 0 atom stereocenters. The number of carbonyl (C=O) groups is 1. The standard InChI is InChI=1S/C22H23N3O4S/c1-15-2-4-16(5-3-15)12-25-18(13-26)11-23-22(25)30-14-21(27)24-17-6-7-19-20(10-17)29-9-8-28-19/h2-7,10-11,26H,8-9,12-14H2,1H3,(H,24,27). The van der Waals surface area contributed by atoms with Crippen molar-refractivity contribution in [2.24, 2.45) is 0 Å². The molecular formula is C22H23N3O4S. The van der Waals surface area contributed by atoms with Gasteiger partial charge >= 0.3 is 0 Å². The third kappa shape index (κ3) is 4.77. The predicted molar refractivity (Wildman–Crippen MR) is 115 cm³/mol. The molecule has 2 N–H and O–H groups in total. The molecule has 1 aliphatic rings. The van der Waals surface area contributed by atoms with Gasteiger partial charge in [-0.2, -0.15) is 0 Å². The van der Waals surface area contributed by atoms with Crippen LogP contribution in [0.15, 0.2) is 53.8 Å². The van der Waals surface area contributed by atoms with E-state index >= 15 is 0 Å². The van der Waals surface area contributed by atoms with Crippen molar-refractivity contribution in [1.82, 2.24) is 9.55 Å². The topological polar surface area (TPSA) is 85.6 Å². The number of aromatic nitrogens is 2. The number of amides is 1. The number of benzene rings is 2. The first-order valence-electron chi connectivity index (χ1n) is 9.65. The number of nitrogens with one attached hydrogen (secondary N) is 1. The van der Waals surface area contributed by atoms with E-state index in [-0.39, 0.29) is 18.3 Å². The summed E-state index contributed by atoms with van der Waals surface area (Å²) < 4.78 is 13.0. The van der Waals surface area contributed by atoms with Crippen LogP contribution in [-0.4, -0.2) is 39.5 Å². The Balaban J connectivity index is 1.40. The zero-order valence-corrected chi connectivity index (χ0v) is 17.4. The molecule has 4 rings (SSSR count). The summed E-state index contributed by atoms with van der Waals surface area (Å²) in [4.78, 5) is 16.8. The van der Waals surface area contributed by atoms with Crippen LogP contribution in [-0.2, 0) is 17.9 Å². The lowest BCUT2D eigenvalue weighted by atomic mass is 10.1. The van der Waals surface area contributed by atoms with Gasteiger partial charge in [0.25, 0.3) is 0 Å². The Morgan fingerprint density at radius 3 is 2.70 bits per heavy atom. The molecule has 0 saturated heterocycles. The molecule has 1 amide bonds. The molecule has 2 aromatic carbocycles. The van der Waals surface area contributed by atoms with Crippen LogP contribution >= 0.6 is 11.8 Å². The van der Waals surface area contributed by atoms with Crippen molar-refractivity contribution in [3.05, 3.63) is 65.5 Å². The van der Waals surface area contributed by atoms with Crippen molar-refractivity contribution >= 4 is 23.4 Å². The number of aliphatic hydroxyl groups is 1. The van der Waals surface area contributed by atoms with Gasteiger partial charge in [-0.3, -0.25) is 4.79 Å². The summed E-state index contributed by atoms with van der Waals surface area (Å²) in [5, 5.41) is 13.2. The van der Waals surface area contributed by atoms with Crippen LogP contribution in [0.1, 0.15) is 16.8 Å². The molecule has 30 heavy (non-hydrogen) atoms. The zero-order chi connectivity index (χ0) is 20.9. The molecule has 3 aromatic rings. The van der Waals surface area contributed by atoms with Gasteiger partial charge in [-0.25, -0.2) is 4.98 Å². The second-order valence-electron chi connectivity index (χ2n) is 6.96. The molecule has 8 heteroatoms. The Morgan fingerprint density at radius 2 is 1.93 bits per heavy atom. The molecule has 0 fully saturated rings. The number of fused-ring (bicyclic) bond motifs is 1. The number of rotatable bonds is 7. The first-order valence-corrected chi connectivity index (χ1v) is 10.6. The number of aliphatic hydroxyl groups excluding tert-OH is 1. The normalized spacial score (nSPS) is 12.6. The first kappa shape index (κ1) is 20.3. The molecule has 0 radical (unpaired) electrons. The summed E-state index contributed by atoms with van der Waals surface area (Å²) in [6, 6.07) is 13.6. The summed E-state index contributed by atoms with van der Waals surface area (Å²) in [7, 11) is 0. The predicted octanol–water partition coefficient (Wildman–Crippen LogP) is 3.23. The maximum absolute atomic E-state index is 12.4. The molecule has 0 saturated carbocycles. The van der Waals surface area contributed by atoms with Crippen LogP contribution in [0.5, 0.6) is 11.5 Å². The van der Waals surface area contributed by atoms with E-state index in [9.17, 15) is 9.90 Å². The molecule has 1 aliphatic heterocycles. The van der Waals surface area contributed by atoms with Gasteiger partial charge in [0.15, 0.2) is 16.7 Å². The number of hydrogen-bond acceptors (Lipinski definition) is 6. The van der Waals surface area contributed by atoms with E-state index in [2.05, 4.69) is 34.6 Å². The molecule has 156 valence electrons. The quantitative estimate of drug-likeness (QED) is 0.566. The van der Waals surface area contributed by atoms with Gasteiger partial charge in [-0.1, -0.05) is 41.6 Å². The maximum Gasteiger partial charge on any atom is 0.234 e. The first-order chi connectivity index (χ1) is 14.6. The number of hydrogen-bond donors (Lipinski definition) is 2. The highest BCUT2D eigenvalue weighted by Gasteiger charge is 2.15. The average Bonchev–Trinajstić information content (AvgIpc) is 3.15. The molecule has 2 heterocycles. The maximum atomic E-state index is 12.4. The Hall–Kier alpha value is -2.97. The van der Waals surface area contributed by atoms with Gasteiger partial charge in [0.1, 0.15) is 13.2 Å². The molecule has 0 bridgehead atoms. The number of imidazole rings is 1. The highest BCUT2D eigenvalue weighted by Crippen LogP contribution is 2.32. The third-order valence-corrected chi connectivity index (χ3v) is 5.67. The summed E-state index contributed by atoms with van der Waals surface area (Å²) in [6.07, 6.45) is 1.65. The minimum atomic E-state index is -0.146. The Morgan fingerprint density at radius 1 is 1.17 bits per heavy atom. The van der Waals surface area contributed by atoms with Crippen LogP contribution in [0, 0.1) is 6.92 Å². The highest BCUT2D eigenvalue weighted by atomic mass is 32.2. The Bertz CT molecular complexity index is 1030. The number of nitrogens with zero attached hydrogens (tertiary/aromatic N) is 2. The minimum Gasteiger partial charge on any atom is -0.486 e. The van der Waals surface area contributed by atoms with Gasteiger partial charge in [0.2, 0.25) is 5.91 Å². The van der Waals surface area contributed by atoms with Crippen molar-refractivity contribution in [3.8, 4) is 11.5 Å². The fourth-order valence-corrected chi connectivity index (χ4v) is 3.92. The third-order valence-electron chi connectivity index (χ3n) is 4.68. The lowest BCUT2D eigenvalue weighted by Gasteiger charge is -2.19. The van der Waals surface area contributed by atoms with Gasteiger partial charge in [-0.15, -0.1) is 0 Å². The fraction of sp³-hybridized carbons (Fsp3) is 0.273. The fourth-order valence-electron chi connectivity index (χ4n) is 3.13. The van der Waals surface area contributed by atoms with E-state index in [1.165, 1.54) is 17.3 Å². The molecule has 0 spiro atoms. The van der Waals surface area contributed by atoms with Crippen molar-refractivity contribution < 1.29 is 19.4 Å². The van der Waals surface area contributed by atoms with Crippen molar-refractivity contribution in [1.29, 1.82) is 0 Å². The number of carbonyl (C=O) groups excluding carboxylic acids is 1. The monoisotopic (exact) mass is 425 g/mol. The van der Waals surface area contributed by atoms with E-state index in [0.29, 0.717) is 47.8 Å². The number of aryl methyl sites for hydroxylation is 1. The zero-order valence-electron chi connectivity index (χ0n) is 16.6. The van der Waals surface area contributed by atoms with Crippen LogP contribution in [0.3, 0.4) is 0 Å². The summed E-state index contributed by atoms with van der Waals surface area (Å²) in [5.41, 5.74) is 3.67. The van der Waals surface area contributed by atoms with E-state index < -0.39 is 0 Å². The van der Waals surface area contributed by atoms with Gasteiger partial charge in [0, 0.05) is 18.3 Å². The van der Waals surface area contributed by atoms with Crippen molar-refractivity contribution in [2.75, 3.05) is 24.3 Å². The summed E-state index contributed by atoms with van der Waals surface area (Å²) in [6.45, 7) is 3.55. The average molecular weight is 426 g/mol. The second-order valence-corrected chi connectivity index (χ2v) is 7.90. The summed E-state index contributed by atoms with van der Waals surface area (Å²) >= 11 is 1.33. The minimum absolute atomic E-state index is 0.108. The molecule has 0 unspecified atom stereocenters. The second kappa shape index (κ2) is 9.23. The molecule has 7 nitrogen and oxygen atoms in total. The van der Waals surface area contributed by atoms with Crippen LogP contribution in [0.2, 0.25) is 0 Å². The van der Waals surface area contributed by atoms with E-state index in [1.54, 1.807) is 24.4 Å². The lowest BCUT2D eigenvalue weighted by molar-refractivity contribution is -0.113. The van der Waals surface area contributed by atoms with Gasteiger partial charge < -0.3 is 24.5 Å². The molecule has 0 aliphatic carbocycles. The van der Waals surface area contributed by atoms with Gasteiger partial charge in [-0.05, 0) is 24.6 Å². The Labute approximate surface area is 179 Å². The largest absolute Gasteiger partial charge is 0.486 e. The van der Waals surface area contributed by atoms with Crippen LogP contribution < -0.4 is 14.8 Å². The number of ether oxygens (including phenoxy) is 2. The Kier molecular flexibility index (Phi) is 6.25. The van der Waals surface area contributed by atoms with Gasteiger partial charge in [0.05, 0.1) is 24.3 Å². The van der Waals surface area contributed by atoms with Crippen molar-refractivity contribution in [2.45, 2.75) is 25.2 Å². The van der Waals surface area contributed by atoms with Crippen molar-refractivity contribution in [3.63, 3.8) is 0 Å². The van der Waals surface area contributed by atoms with Crippen LogP contribution in [0.25, 0.3) is 0 Å². The van der Waals surface area contributed by atoms with E-state index in [1.807, 2.05) is 11.5 Å². The molecular weight excluding hydrogens is 402 g/mol. The molecule has 1 aromatic heterocycles. The van der Waals surface area contributed by atoms with E-state index in [0.717, 1.165) is 5.56 Å². The number of anilines is 1. The van der Waals surface area contributed by atoms with E-state index in [4.69, 9.17) is 9.47 Å². The number of thioether (sulfide) groups is 1. The highest BCUT2D eigenvalue weighted by molar-refractivity contribution is 7.99. The van der Waals surface area contributed by atoms with Crippen LogP contribution in [0.4, 0.5) is 5.69 Å². The lowest BCUT2D eigenvalue weighted by Crippen LogP contribution is -2.17.